The molecule has 0 spiro atoms. The van der Waals surface area contributed by atoms with Crippen LogP contribution < -0.4 is 15.4 Å². The highest BCUT2D eigenvalue weighted by Gasteiger charge is 2.30. The number of carbonyl (C=O) groups excluding carboxylic acids is 1. The summed E-state index contributed by atoms with van der Waals surface area (Å²) in [6.07, 6.45) is -4.39. The molecule has 0 aliphatic rings. The molecule has 4 nitrogen and oxygen atoms in total. The number of halogens is 4. The van der Waals surface area contributed by atoms with Crippen LogP contribution >= 0.6 is 11.6 Å². The summed E-state index contributed by atoms with van der Waals surface area (Å²) in [5.74, 6) is 0.315. The van der Waals surface area contributed by atoms with Gasteiger partial charge in [0.1, 0.15) is 5.75 Å². The summed E-state index contributed by atoms with van der Waals surface area (Å²) in [7, 11) is 1.52. The van der Waals surface area contributed by atoms with E-state index < -0.39 is 11.7 Å². The Labute approximate surface area is 147 Å². The molecule has 0 bridgehead atoms. The first-order valence-electron chi connectivity index (χ1n) is 7.34. The highest BCUT2D eigenvalue weighted by atomic mass is 35.5. The second-order valence-electron chi connectivity index (χ2n) is 5.15. The summed E-state index contributed by atoms with van der Waals surface area (Å²) in [6, 6.07) is 9.84. The highest BCUT2D eigenvalue weighted by Crippen LogP contribution is 2.33. The zero-order valence-electron chi connectivity index (χ0n) is 13.3. The maximum atomic E-state index is 12.7. The molecule has 0 saturated carbocycles. The third-order valence-electron chi connectivity index (χ3n) is 3.31. The van der Waals surface area contributed by atoms with E-state index in [4.69, 9.17) is 16.3 Å². The Morgan fingerprint density at radius 1 is 1.20 bits per heavy atom. The minimum atomic E-state index is -4.45. The van der Waals surface area contributed by atoms with Crippen molar-refractivity contribution in [3.8, 4) is 5.75 Å². The predicted octanol–water partition coefficient (Wildman–Crippen LogP) is 4.81. The van der Waals surface area contributed by atoms with E-state index in [9.17, 15) is 18.0 Å². The lowest BCUT2D eigenvalue weighted by atomic mass is 10.2. The van der Waals surface area contributed by atoms with Crippen molar-refractivity contribution in [1.29, 1.82) is 0 Å². The molecule has 0 unspecified atom stereocenters. The molecule has 8 heteroatoms. The van der Waals surface area contributed by atoms with E-state index in [-0.39, 0.29) is 29.6 Å². The molecule has 2 aromatic carbocycles. The molecule has 2 aromatic rings. The van der Waals surface area contributed by atoms with E-state index in [1.807, 2.05) is 0 Å². The topological polar surface area (TPSA) is 50.4 Å². The Morgan fingerprint density at radius 3 is 2.64 bits per heavy atom. The minimum Gasteiger partial charge on any atom is -0.497 e. The molecule has 0 heterocycles. The summed E-state index contributed by atoms with van der Waals surface area (Å²) >= 11 is 5.88. The van der Waals surface area contributed by atoms with Gasteiger partial charge in [-0.25, -0.2) is 0 Å². The first-order valence-corrected chi connectivity index (χ1v) is 7.72. The van der Waals surface area contributed by atoms with Gasteiger partial charge in [0, 0.05) is 24.7 Å². The summed E-state index contributed by atoms with van der Waals surface area (Å²) in [4.78, 5) is 11.9. The molecule has 0 aliphatic heterocycles. The zero-order valence-corrected chi connectivity index (χ0v) is 14.0. The van der Waals surface area contributed by atoms with Crippen molar-refractivity contribution in [1.82, 2.24) is 0 Å². The summed E-state index contributed by atoms with van der Waals surface area (Å²) in [5, 5.41) is 5.58. The molecule has 0 aliphatic carbocycles. The zero-order chi connectivity index (χ0) is 18.4. The number of hydrogen-bond donors (Lipinski definition) is 2. The number of amides is 1. The minimum absolute atomic E-state index is 0.0593. The van der Waals surface area contributed by atoms with Crippen molar-refractivity contribution in [3.63, 3.8) is 0 Å². The van der Waals surface area contributed by atoms with Crippen molar-refractivity contribution in [2.75, 3.05) is 24.3 Å². The standard InChI is InChI=1S/C17H16ClF3N2O2/c1-25-13-4-2-3-12(10-13)23-16(24)7-8-22-15-9-11(17(19,20)21)5-6-14(15)18/h2-6,9-10,22H,7-8H2,1H3,(H,23,24). The fourth-order valence-electron chi connectivity index (χ4n) is 2.07. The van der Waals surface area contributed by atoms with Gasteiger partial charge in [-0.05, 0) is 30.3 Å². The third kappa shape index (κ3) is 5.56. The number of nitrogens with one attached hydrogen (secondary N) is 2. The van der Waals surface area contributed by atoms with Gasteiger partial charge in [-0.15, -0.1) is 0 Å². The molecule has 0 fully saturated rings. The van der Waals surface area contributed by atoms with Crippen LogP contribution in [0.4, 0.5) is 24.5 Å². The number of hydrogen-bond acceptors (Lipinski definition) is 3. The van der Waals surface area contributed by atoms with E-state index in [1.54, 1.807) is 24.3 Å². The Bertz CT molecular complexity index is 751. The monoisotopic (exact) mass is 372 g/mol. The van der Waals surface area contributed by atoms with E-state index in [1.165, 1.54) is 13.2 Å². The van der Waals surface area contributed by atoms with Crippen LogP contribution in [0.5, 0.6) is 5.75 Å². The van der Waals surface area contributed by atoms with Crippen LogP contribution in [0.15, 0.2) is 42.5 Å². The molecule has 0 radical (unpaired) electrons. The van der Waals surface area contributed by atoms with Gasteiger partial charge in [-0.3, -0.25) is 4.79 Å². The largest absolute Gasteiger partial charge is 0.497 e. The van der Waals surface area contributed by atoms with Crippen LogP contribution in [0, 0.1) is 0 Å². The van der Waals surface area contributed by atoms with Gasteiger partial charge < -0.3 is 15.4 Å². The first-order chi connectivity index (χ1) is 11.8. The van der Waals surface area contributed by atoms with Crippen LogP contribution in [-0.2, 0) is 11.0 Å². The van der Waals surface area contributed by atoms with Crippen LogP contribution in [0.2, 0.25) is 5.02 Å². The number of anilines is 2. The Hall–Kier alpha value is -2.41. The molecule has 0 saturated heterocycles. The normalized spacial score (nSPS) is 11.1. The second kappa shape index (κ2) is 8.11. The van der Waals surface area contributed by atoms with Crippen LogP contribution in [-0.4, -0.2) is 19.6 Å². The van der Waals surface area contributed by atoms with E-state index >= 15 is 0 Å². The van der Waals surface area contributed by atoms with Gasteiger partial charge in [0.2, 0.25) is 5.91 Å². The third-order valence-corrected chi connectivity index (χ3v) is 3.64. The number of carbonyl (C=O) groups is 1. The van der Waals surface area contributed by atoms with Crippen molar-refractivity contribution in [2.45, 2.75) is 12.6 Å². The predicted molar refractivity (Wildman–Crippen MR) is 91.2 cm³/mol. The smallest absolute Gasteiger partial charge is 0.416 e. The lowest BCUT2D eigenvalue weighted by Gasteiger charge is -2.12. The molecular weight excluding hydrogens is 357 g/mol. The maximum absolute atomic E-state index is 12.7. The molecule has 0 atom stereocenters. The lowest BCUT2D eigenvalue weighted by molar-refractivity contribution is -0.137. The number of alkyl halides is 3. The maximum Gasteiger partial charge on any atom is 0.416 e. The van der Waals surface area contributed by atoms with E-state index in [0.29, 0.717) is 11.4 Å². The van der Waals surface area contributed by atoms with Crippen LogP contribution in [0.1, 0.15) is 12.0 Å². The SMILES string of the molecule is COc1cccc(NC(=O)CCNc2cc(C(F)(F)F)ccc2Cl)c1. The molecule has 134 valence electrons. The summed E-state index contributed by atoms with van der Waals surface area (Å²) < 4.78 is 43.2. The van der Waals surface area contributed by atoms with Gasteiger partial charge in [0.15, 0.2) is 0 Å². The van der Waals surface area contributed by atoms with Gasteiger partial charge in [-0.1, -0.05) is 17.7 Å². The van der Waals surface area contributed by atoms with Crippen molar-refractivity contribution < 1.29 is 22.7 Å². The van der Waals surface area contributed by atoms with Crippen molar-refractivity contribution >= 4 is 28.9 Å². The second-order valence-corrected chi connectivity index (χ2v) is 5.56. The Balaban J connectivity index is 1.90. The fourth-order valence-corrected chi connectivity index (χ4v) is 2.26. The molecular formula is C17H16ClF3N2O2. The first kappa shape index (κ1) is 18.9. The Kier molecular flexibility index (Phi) is 6.14. The van der Waals surface area contributed by atoms with Gasteiger partial charge in [0.25, 0.3) is 0 Å². The number of rotatable bonds is 6. The summed E-state index contributed by atoms with van der Waals surface area (Å²) in [5.41, 5.74) is -0.104. The van der Waals surface area contributed by atoms with E-state index in [0.717, 1.165) is 12.1 Å². The van der Waals surface area contributed by atoms with Crippen molar-refractivity contribution in [2.24, 2.45) is 0 Å². The number of benzene rings is 2. The molecule has 2 rings (SSSR count). The van der Waals surface area contributed by atoms with Gasteiger partial charge in [-0.2, -0.15) is 13.2 Å². The molecule has 2 N–H and O–H groups in total. The van der Waals surface area contributed by atoms with Crippen molar-refractivity contribution in [3.05, 3.63) is 53.1 Å². The number of ether oxygens (including phenoxy) is 1. The Morgan fingerprint density at radius 2 is 1.96 bits per heavy atom. The van der Waals surface area contributed by atoms with Crippen LogP contribution in [0.3, 0.4) is 0 Å². The average molecular weight is 373 g/mol. The highest BCUT2D eigenvalue weighted by molar-refractivity contribution is 6.33. The average Bonchev–Trinajstić information content (AvgIpc) is 2.55. The van der Waals surface area contributed by atoms with Gasteiger partial charge >= 0.3 is 6.18 Å². The molecule has 25 heavy (non-hydrogen) atoms. The van der Waals surface area contributed by atoms with Gasteiger partial charge in [0.05, 0.1) is 23.4 Å². The van der Waals surface area contributed by atoms with Crippen LogP contribution in [0.25, 0.3) is 0 Å². The molecule has 1 amide bonds. The summed E-state index contributed by atoms with van der Waals surface area (Å²) in [6.45, 7) is 0.136. The molecule has 0 aromatic heterocycles. The van der Waals surface area contributed by atoms with E-state index in [2.05, 4.69) is 10.6 Å². The fraction of sp³-hybridized carbons (Fsp3) is 0.235. The number of methoxy groups -OCH3 is 1. The quantitative estimate of drug-likeness (QED) is 0.765. The lowest BCUT2D eigenvalue weighted by Crippen LogP contribution is -2.16.